The summed E-state index contributed by atoms with van der Waals surface area (Å²) < 4.78 is 0. The summed E-state index contributed by atoms with van der Waals surface area (Å²) in [6.45, 7) is 5.93. The Labute approximate surface area is 117 Å². The lowest BCUT2D eigenvalue weighted by molar-refractivity contribution is 0.518. The van der Waals surface area contributed by atoms with Gasteiger partial charge in [0.05, 0.1) is 15.6 Å². The van der Waals surface area contributed by atoms with Gasteiger partial charge in [0.1, 0.15) is 0 Å². The zero-order chi connectivity index (χ0) is 13.5. The Kier molecular flexibility index (Phi) is 3.54. The van der Waals surface area contributed by atoms with Gasteiger partial charge in [0, 0.05) is 16.6 Å². The van der Waals surface area contributed by atoms with Crippen LogP contribution in [0, 0.1) is 6.92 Å². The van der Waals surface area contributed by atoms with E-state index in [-0.39, 0.29) is 5.54 Å². The van der Waals surface area contributed by atoms with Crippen molar-refractivity contribution < 1.29 is 0 Å². The van der Waals surface area contributed by atoms with E-state index in [1.165, 1.54) is 0 Å². The molecule has 0 radical (unpaired) electrons. The van der Waals surface area contributed by atoms with Gasteiger partial charge in [0.25, 0.3) is 0 Å². The summed E-state index contributed by atoms with van der Waals surface area (Å²) in [5, 5.41) is 2.20. The molecule has 0 amide bonds. The Bertz CT molecular complexity index is 601. The molecule has 1 aromatic carbocycles. The van der Waals surface area contributed by atoms with Crippen molar-refractivity contribution in [1.29, 1.82) is 0 Å². The van der Waals surface area contributed by atoms with Crippen LogP contribution >= 0.6 is 23.2 Å². The Morgan fingerprint density at radius 2 is 1.83 bits per heavy atom. The summed E-state index contributed by atoms with van der Waals surface area (Å²) in [4.78, 5) is 4.47. The van der Waals surface area contributed by atoms with Crippen LogP contribution in [0.1, 0.15) is 25.1 Å². The molecule has 0 saturated carbocycles. The first-order valence-corrected chi connectivity index (χ1v) is 6.56. The lowest BCUT2D eigenvalue weighted by Gasteiger charge is -2.20. The van der Waals surface area contributed by atoms with Crippen LogP contribution in [-0.4, -0.2) is 10.5 Å². The number of benzene rings is 1. The number of hydrogen-bond acceptors (Lipinski definition) is 2. The van der Waals surface area contributed by atoms with Crippen LogP contribution in [0.4, 0.5) is 0 Å². The van der Waals surface area contributed by atoms with E-state index in [0.717, 1.165) is 28.6 Å². The molecule has 18 heavy (non-hydrogen) atoms. The van der Waals surface area contributed by atoms with Gasteiger partial charge in [-0.15, -0.1) is 0 Å². The standard InChI is InChI=1S/C14H16Cl2N2/c1-8-6-9(7-14(2,3)17)12-10(15)4-5-11(16)13(12)18-8/h4-6H,7,17H2,1-3H3. The van der Waals surface area contributed by atoms with Gasteiger partial charge < -0.3 is 5.73 Å². The van der Waals surface area contributed by atoms with Gasteiger partial charge in [-0.25, -0.2) is 0 Å². The third kappa shape index (κ3) is 2.77. The molecule has 4 heteroatoms. The number of hydrogen-bond donors (Lipinski definition) is 1. The molecule has 0 aliphatic heterocycles. The number of aromatic nitrogens is 1. The van der Waals surface area contributed by atoms with Crippen LogP contribution in [0.5, 0.6) is 0 Å². The molecule has 1 aromatic heterocycles. The molecule has 0 atom stereocenters. The quantitative estimate of drug-likeness (QED) is 0.900. The lowest BCUT2D eigenvalue weighted by atomic mass is 9.93. The van der Waals surface area contributed by atoms with Gasteiger partial charge in [-0.2, -0.15) is 0 Å². The summed E-state index contributed by atoms with van der Waals surface area (Å²) >= 11 is 12.5. The smallest absolute Gasteiger partial charge is 0.0909 e. The number of fused-ring (bicyclic) bond motifs is 1. The lowest BCUT2D eigenvalue weighted by Crippen LogP contribution is -2.34. The number of aryl methyl sites for hydroxylation is 1. The summed E-state index contributed by atoms with van der Waals surface area (Å²) in [7, 11) is 0. The Morgan fingerprint density at radius 3 is 2.44 bits per heavy atom. The van der Waals surface area contributed by atoms with Crippen molar-refractivity contribution in [3.05, 3.63) is 39.5 Å². The predicted molar refractivity (Wildman–Crippen MR) is 78.5 cm³/mol. The zero-order valence-corrected chi connectivity index (χ0v) is 12.2. The number of nitrogens with zero attached hydrogens (tertiary/aromatic N) is 1. The maximum Gasteiger partial charge on any atom is 0.0909 e. The van der Waals surface area contributed by atoms with E-state index >= 15 is 0 Å². The molecule has 0 fully saturated rings. The average molecular weight is 283 g/mol. The van der Waals surface area contributed by atoms with E-state index in [9.17, 15) is 0 Å². The maximum absolute atomic E-state index is 6.28. The minimum absolute atomic E-state index is 0.299. The second kappa shape index (κ2) is 4.69. The highest BCUT2D eigenvalue weighted by Crippen LogP contribution is 2.32. The van der Waals surface area contributed by atoms with Crippen LogP contribution in [0.15, 0.2) is 18.2 Å². The molecular weight excluding hydrogens is 267 g/mol. The summed E-state index contributed by atoms with van der Waals surface area (Å²) in [5.41, 5.74) is 8.57. The van der Waals surface area contributed by atoms with E-state index in [0.29, 0.717) is 10.0 Å². The van der Waals surface area contributed by atoms with Crippen molar-refractivity contribution in [2.24, 2.45) is 5.73 Å². The molecule has 2 rings (SSSR count). The first kappa shape index (κ1) is 13.6. The fraction of sp³-hybridized carbons (Fsp3) is 0.357. The molecule has 0 spiro atoms. The first-order valence-electron chi connectivity index (χ1n) is 5.81. The van der Waals surface area contributed by atoms with Gasteiger partial charge in [-0.3, -0.25) is 4.98 Å². The highest BCUT2D eigenvalue weighted by molar-refractivity contribution is 6.40. The summed E-state index contributed by atoms with van der Waals surface area (Å²) in [6, 6.07) is 5.60. The van der Waals surface area contributed by atoms with Gasteiger partial charge in [0.15, 0.2) is 0 Å². The fourth-order valence-corrected chi connectivity index (χ4v) is 2.59. The maximum atomic E-state index is 6.28. The van der Waals surface area contributed by atoms with E-state index < -0.39 is 0 Å². The monoisotopic (exact) mass is 282 g/mol. The Morgan fingerprint density at radius 1 is 1.22 bits per heavy atom. The van der Waals surface area contributed by atoms with Gasteiger partial charge in [-0.1, -0.05) is 23.2 Å². The van der Waals surface area contributed by atoms with Crippen molar-refractivity contribution in [3.8, 4) is 0 Å². The number of rotatable bonds is 2. The SMILES string of the molecule is Cc1cc(CC(C)(C)N)c2c(Cl)ccc(Cl)c2n1. The molecule has 2 N–H and O–H groups in total. The molecule has 0 saturated heterocycles. The van der Waals surface area contributed by atoms with Gasteiger partial charge in [-0.05, 0) is 51.0 Å². The van der Waals surface area contributed by atoms with Gasteiger partial charge >= 0.3 is 0 Å². The molecular formula is C14H16Cl2N2. The molecule has 96 valence electrons. The number of nitrogens with two attached hydrogens (primary N) is 1. The molecule has 0 bridgehead atoms. The highest BCUT2D eigenvalue weighted by Gasteiger charge is 2.17. The second-order valence-corrected chi connectivity index (χ2v) is 6.16. The molecule has 0 aliphatic rings. The number of halogens is 2. The summed E-state index contributed by atoms with van der Waals surface area (Å²) in [5.74, 6) is 0. The third-order valence-electron chi connectivity index (χ3n) is 2.72. The van der Waals surface area contributed by atoms with Gasteiger partial charge in [0.2, 0.25) is 0 Å². The van der Waals surface area contributed by atoms with Crippen molar-refractivity contribution >= 4 is 34.1 Å². The second-order valence-electron chi connectivity index (χ2n) is 5.34. The van der Waals surface area contributed by atoms with E-state index in [2.05, 4.69) is 4.98 Å². The fourth-order valence-electron chi connectivity index (χ4n) is 2.12. The minimum atomic E-state index is -0.299. The zero-order valence-electron chi connectivity index (χ0n) is 10.7. The Balaban J connectivity index is 2.76. The van der Waals surface area contributed by atoms with Crippen LogP contribution in [0.25, 0.3) is 10.9 Å². The van der Waals surface area contributed by atoms with Crippen LogP contribution in [0.3, 0.4) is 0 Å². The van der Waals surface area contributed by atoms with E-state index in [1.54, 1.807) is 12.1 Å². The molecule has 1 heterocycles. The molecule has 2 aromatic rings. The molecule has 0 aliphatic carbocycles. The van der Waals surface area contributed by atoms with Crippen molar-refractivity contribution in [1.82, 2.24) is 4.98 Å². The van der Waals surface area contributed by atoms with Crippen molar-refractivity contribution in [2.75, 3.05) is 0 Å². The largest absolute Gasteiger partial charge is 0.325 e. The molecule has 2 nitrogen and oxygen atoms in total. The normalized spacial score (nSPS) is 12.1. The Hall–Kier alpha value is -0.830. The predicted octanol–water partition coefficient (Wildman–Crippen LogP) is 4.13. The molecule has 0 unspecified atom stereocenters. The van der Waals surface area contributed by atoms with Crippen LogP contribution in [0.2, 0.25) is 10.0 Å². The average Bonchev–Trinajstić information content (AvgIpc) is 2.20. The van der Waals surface area contributed by atoms with Crippen molar-refractivity contribution in [2.45, 2.75) is 32.7 Å². The number of pyridine rings is 1. The van der Waals surface area contributed by atoms with Crippen LogP contribution < -0.4 is 5.73 Å². The highest BCUT2D eigenvalue weighted by atomic mass is 35.5. The summed E-state index contributed by atoms with van der Waals surface area (Å²) in [6.07, 6.45) is 0.729. The topological polar surface area (TPSA) is 38.9 Å². The van der Waals surface area contributed by atoms with Crippen LogP contribution in [-0.2, 0) is 6.42 Å². The minimum Gasteiger partial charge on any atom is -0.325 e. The third-order valence-corrected chi connectivity index (χ3v) is 3.34. The van der Waals surface area contributed by atoms with E-state index in [4.69, 9.17) is 28.9 Å². The first-order chi connectivity index (χ1) is 8.28. The van der Waals surface area contributed by atoms with Crippen molar-refractivity contribution in [3.63, 3.8) is 0 Å². The van der Waals surface area contributed by atoms with E-state index in [1.807, 2.05) is 26.8 Å².